The van der Waals surface area contributed by atoms with Gasteiger partial charge in [0.15, 0.2) is 0 Å². The Bertz CT molecular complexity index is 539. The minimum atomic E-state index is 0.515. The topological polar surface area (TPSA) is 25.4 Å². The van der Waals surface area contributed by atoms with Crippen molar-refractivity contribution >= 4 is 0 Å². The van der Waals surface area contributed by atoms with Gasteiger partial charge in [-0.05, 0) is 48.7 Å². The minimum absolute atomic E-state index is 0.515. The van der Waals surface area contributed by atoms with Gasteiger partial charge in [-0.3, -0.25) is 9.88 Å². The number of pyridine rings is 1. The maximum Gasteiger partial charge on any atom is 0.118 e. The molecule has 2 aromatic rings. The molecule has 3 nitrogen and oxygen atoms in total. The van der Waals surface area contributed by atoms with E-state index in [1.807, 2.05) is 18.5 Å². The molecular formula is C17H20N2O. The molecular weight excluding hydrogens is 248 g/mol. The van der Waals surface area contributed by atoms with E-state index in [4.69, 9.17) is 4.74 Å². The molecule has 1 atom stereocenters. The quantitative estimate of drug-likeness (QED) is 0.849. The van der Waals surface area contributed by atoms with E-state index >= 15 is 0 Å². The van der Waals surface area contributed by atoms with Crippen molar-refractivity contribution in [1.29, 1.82) is 0 Å². The fourth-order valence-electron chi connectivity index (χ4n) is 2.95. The highest BCUT2D eigenvalue weighted by Crippen LogP contribution is 2.33. The lowest BCUT2D eigenvalue weighted by molar-refractivity contribution is 0.248. The maximum absolute atomic E-state index is 5.23. The first kappa shape index (κ1) is 13.1. The van der Waals surface area contributed by atoms with E-state index in [1.54, 1.807) is 7.11 Å². The van der Waals surface area contributed by atoms with Gasteiger partial charge in [0.2, 0.25) is 0 Å². The number of aromatic nitrogens is 1. The molecule has 1 aromatic carbocycles. The molecule has 0 aliphatic carbocycles. The highest BCUT2D eigenvalue weighted by Gasteiger charge is 2.25. The van der Waals surface area contributed by atoms with Gasteiger partial charge >= 0.3 is 0 Å². The molecule has 1 aliphatic heterocycles. The monoisotopic (exact) mass is 268 g/mol. The van der Waals surface area contributed by atoms with Crippen LogP contribution >= 0.6 is 0 Å². The van der Waals surface area contributed by atoms with Crippen molar-refractivity contribution in [2.24, 2.45) is 0 Å². The molecule has 2 heterocycles. The molecule has 1 saturated heterocycles. The SMILES string of the molecule is COc1ccc(C2CCCN2Cc2cccnc2)cc1. The standard InChI is InChI=1S/C17H20N2O/c1-20-16-8-6-15(7-9-16)17-5-3-11-19(17)13-14-4-2-10-18-12-14/h2,4,6-10,12,17H,3,5,11,13H2,1H3. The predicted molar refractivity (Wildman–Crippen MR) is 79.6 cm³/mol. The Morgan fingerprint density at radius 1 is 1.25 bits per heavy atom. The number of methoxy groups -OCH3 is 1. The molecule has 1 unspecified atom stereocenters. The van der Waals surface area contributed by atoms with Gasteiger partial charge in [0, 0.05) is 25.0 Å². The molecule has 1 aromatic heterocycles. The predicted octanol–water partition coefficient (Wildman–Crippen LogP) is 3.43. The molecule has 0 N–H and O–H groups in total. The van der Waals surface area contributed by atoms with Crippen molar-refractivity contribution in [3.63, 3.8) is 0 Å². The second-order valence-electron chi connectivity index (χ2n) is 5.26. The molecule has 0 bridgehead atoms. The zero-order valence-electron chi connectivity index (χ0n) is 11.8. The van der Waals surface area contributed by atoms with Crippen LogP contribution in [0.25, 0.3) is 0 Å². The number of benzene rings is 1. The van der Waals surface area contributed by atoms with E-state index in [-0.39, 0.29) is 0 Å². The van der Waals surface area contributed by atoms with Crippen LogP contribution in [0.3, 0.4) is 0 Å². The fraction of sp³-hybridized carbons (Fsp3) is 0.353. The second-order valence-corrected chi connectivity index (χ2v) is 5.26. The first-order valence-corrected chi connectivity index (χ1v) is 7.14. The lowest BCUT2D eigenvalue weighted by Gasteiger charge is -2.25. The van der Waals surface area contributed by atoms with E-state index in [2.05, 4.69) is 40.2 Å². The van der Waals surface area contributed by atoms with Crippen molar-refractivity contribution < 1.29 is 4.74 Å². The molecule has 3 rings (SSSR count). The Kier molecular flexibility index (Phi) is 3.97. The molecule has 0 saturated carbocycles. The van der Waals surface area contributed by atoms with E-state index in [1.165, 1.54) is 24.0 Å². The number of likely N-dealkylation sites (tertiary alicyclic amines) is 1. The maximum atomic E-state index is 5.23. The highest BCUT2D eigenvalue weighted by atomic mass is 16.5. The summed E-state index contributed by atoms with van der Waals surface area (Å²) in [7, 11) is 1.71. The molecule has 0 amide bonds. The number of nitrogens with zero attached hydrogens (tertiary/aromatic N) is 2. The highest BCUT2D eigenvalue weighted by molar-refractivity contribution is 5.29. The van der Waals surface area contributed by atoms with E-state index in [9.17, 15) is 0 Å². The van der Waals surface area contributed by atoms with Crippen LogP contribution in [-0.2, 0) is 6.54 Å². The van der Waals surface area contributed by atoms with Crippen LogP contribution in [0.2, 0.25) is 0 Å². The Morgan fingerprint density at radius 3 is 2.80 bits per heavy atom. The van der Waals surface area contributed by atoms with E-state index < -0.39 is 0 Å². The lowest BCUT2D eigenvalue weighted by atomic mass is 10.0. The van der Waals surface area contributed by atoms with Crippen molar-refractivity contribution in [2.75, 3.05) is 13.7 Å². The zero-order chi connectivity index (χ0) is 13.8. The van der Waals surface area contributed by atoms with Crippen molar-refractivity contribution in [2.45, 2.75) is 25.4 Å². The molecule has 0 radical (unpaired) electrons. The van der Waals surface area contributed by atoms with Crippen LogP contribution in [-0.4, -0.2) is 23.5 Å². The summed E-state index contributed by atoms with van der Waals surface area (Å²) in [6, 6.07) is 13.1. The summed E-state index contributed by atoms with van der Waals surface area (Å²) in [5.41, 5.74) is 2.67. The Labute approximate surface area is 120 Å². The zero-order valence-corrected chi connectivity index (χ0v) is 11.8. The lowest BCUT2D eigenvalue weighted by Crippen LogP contribution is -2.22. The molecule has 20 heavy (non-hydrogen) atoms. The molecule has 3 heteroatoms. The van der Waals surface area contributed by atoms with Gasteiger partial charge in [-0.25, -0.2) is 0 Å². The van der Waals surface area contributed by atoms with Crippen LogP contribution in [0.5, 0.6) is 5.75 Å². The molecule has 1 aliphatic rings. The first-order chi connectivity index (χ1) is 9.86. The second kappa shape index (κ2) is 6.06. The first-order valence-electron chi connectivity index (χ1n) is 7.14. The van der Waals surface area contributed by atoms with Crippen LogP contribution in [0.15, 0.2) is 48.8 Å². The fourth-order valence-corrected chi connectivity index (χ4v) is 2.95. The average Bonchev–Trinajstić information content (AvgIpc) is 2.96. The third-order valence-corrected chi connectivity index (χ3v) is 3.97. The average molecular weight is 268 g/mol. The van der Waals surface area contributed by atoms with Gasteiger partial charge in [0.25, 0.3) is 0 Å². The molecule has 0 spiro atoms. The summed E-state index contributed by atoms with van der Waals surface area (Å²) in [4.78, 5) is 6.74. The number of hydrogen-bond donors (Lipinski definition) is 0. The minimum Gasteiger partial charge on any atom is -0.497 e. The Hall–Kier alpha value is -1.87. The van der Waals surface area contributed by atoms with Crippen molar-refractivity contribution in [3.05, 3.63) is 59.9 Å². The van der Waals surface area contributed by atoms with E-state index in [0.717, 1.165) is 18.8 Å². The Balaban J connectivity index is 1.74. The van der Waals surface area contributed by atoms with Gasteiger partial charge in [0.1, 0.15) is 5.75 Å². The summed E-state index contributed by atoms with van der Waals surface area (Å²) in [5.74, 6) is 0.922. The largest absolute Gasteiger partial charge is 0.497 e. The number of ether oxygens (including phenoxy) is 1. The number of rotatable bonds is 4. The third kappa shape index (κ3) is 2.83. The third-order valence-electron chi connectivity index (χ3n) is 3.97. The van der Waals surface area contributed by atoms with Gasteiger partial charge < -0.3 is 4.74 Å². The van der Waals surface area contributed by atoms with Gasteiger partial charge in [-0.1, -0.05) is 18.2 Å². The summed E-state index contributed by atoms with van der Waals surface area (Å²) in [6.07, 6.45) is 6.28. The van der Waals surface area contributed by atoms with Crippen LogP contribution in [0, 0.1) is 0 Å². The van der Waals surface area contributed by atoms with Crippen LogP contribution < -0.4 is 4.74 Å². The van der Waals surface area contributed by atoms with Crippen molar-refractivity contribution in [3.8, 4) is 5.75 Å². The Morgan fingerprint density at radius 2 is 2.10 bits per heavy atom. The van der Waals surface area contributed by atoms with Gasteiger partial charge in [-0.15, -0.1) is 0 Å². The summed E-state index contributed by atoms with van der Waals surface area (Å²) in [5, 5.41) is 0. The van der Waals surface area contributed by atoms with Crippen molar-refractivity contribution in [1.82, 2.24) is 9.88 Å². The van der Waals surface area contributed by atoms with Gasteiger partial charge in [-0.2, -0.15) is 0 Å². The normalized spacial score (nSPS) is 19.1. The summed E-state index contributed by atoms with van der Waals surface area (Å²) < 4.78 is 5.23. The van der Waals surface area contributed by atoms with Crippen LogP contribution in [0.1, 0.15) is 30.0 Å². The molecule has 104 valence electrons. The summed E-state index contributed by atoms with van der Waals surface area (Å²) >= 11 is 0. The van der Waals surface area contributed by atoms with Crippen LogP contribution in [0.4, 0.5) is 0 Å². The molecule has 1 fully saturated rings. The van der Waals surface area contributed by atoms with E-state index in [0.29, 0.717) is 6.04 Å². The smallest absolute Gasteiger partial charge is 0.118 e. The summed E-state index contributed by atoms with van der Waals surface area (Å²) in [6.45, 7) is 2.14. The number of hydrogen-bond acceptors (Lipinski definition) is 3. The van der Waals surface area contributed by atoms with Gasteiger partial charge in [0.05, 0.1) is 7.11 Å².